The number of esters is 1. The number of sulfone groups is 1. The number of nitrogens with zero attached hydrogens (tertiary/aromatic N) is 2. The number of amides is 1. The Kier molecular flexibility index (Phi) is 6.11. The smallest absolute Gasteiger partial charge is 0.340 e. The van der Waals surface area contributed by atoms with Crippen molar-refractivity contribution in [2.75, 3.05) is 31.3 Å². The zero-order chi connectivity index (χ0) is 19.4. The third-order valence-corrected chi connectivity index (χ3v) is 6.62. The van der Waals surface area contributed by atoms with Crippen LogP contribution < -0.4 is 0 Å². The second-order valence-corrected chi connectivity index (χ2v) is 9.23. The lowest BCUT2D eigenvalue weighted by molar-refractivity contribution is -0.138. The van der Waals surface area contributed by atoms with Crippen LogP contribution in [0.25, 0.3) is 0 Å². The molecule has 0 radical (unpaired) electrons. The average molecular weight is 396 g/mol. The van der Waals surface area contributed by atoms with Crippen molar-refractivity contribution < 1.29 is 27.5 Å². The van der Waals surface area contributed by atoms with Crippen LogP contribution in [0.1, 0.15) is 35.3 Å². The minimum atomic E-state index is -3.14. The Labute approximate surface area is 158 Å². The predicted molar refractivity (Wildman–Crippen MR) is 97.0 cm³/mol. The first-order valence-electron chi connectivity index (χ1n) is 9.05. The second-order valence-electron chi connectivity index (χ2n) is 7.00. The highest BCUT2D eigenvalue weighted by molar-refractivity contribution is 7.91. The molecule has 0 aliphatic carbocycles. The van der Waals surface area contributed by atoms with Gasteiger partial charge in [0, 0.05) is 31.1 Å². The van der Waals surface area contributed by atoms with E-state index in [0.29, 0.717) is 19.6 Å². The normalized spacial score (nSPS) is 23.9. The summed E-state index contributed by atoms with van der Waals surface area (Å²) in [5.74, 6) is -1.02. The van der Waals surface area contributed by atoms with Gasteiger partial charge < -0.3 is 14.4 Å². The number of aromatic nitrogens is 1. The van der Waals surface area contributed by atoms with Crippen molar-refractivity contribution in [2.45, 2.75) is 38.3 Å². The van der Waals surface area contributed by atoms with E-state index in [2.05, 4.69) is 4.98 Å². The Bertz CT molecular complexity index is 787. The lowest BCUT2D eigenvalue weighted by Crippen LogP contribution is -2.47. The average Bonchev–Trinajstić information content (AvgIpc) is 3.27. The molecule has 27 heavy (non-hydrogen) atoms. The van der Waals surface area contributed by atoms with Gasteiger partial charge in [-0.05, 0) is 38.3 Å². The van der Waals surface area contributed by atoms with Gasteiger partial charge in [0.2, 0.25) is 0 Å². The van der Waals surface area contributed by atoms with Gasteiger partial charge in [0.1, 0.15) is 0 Å². The lowest BCUT2D eigenvalue weighted by Gasteiger charge is -2.30. The number of pyridine rings is 1. The number of ether oxygens (including phenoxy) is 2. The fourth-order valence-corrected chi connectivity index (χ4v) is 5.10. The van der Waals surface area contributed by atoms with Crippen LogP contribution in [0.3, 0.4) is 0 Å². The molecule has 0 aromatic carbocycles. The van der Waals surface area contributed by atoms with Crippen LogP contribution >= 0.6 is 0 Å². The van der Waals surface area contributed by atoms with Crippen LogP contribution in [0.15, 0.2) is 18.3 Å². The van der Waals surface area contributed by atoms with Gasteiger partial charge in [0.25, 0.3) is 5.91 Å². The maximum atomic E-state index is 12.7. The van der Waals surface area contributed by atoms with Crippen molar-refractivity contribution in [1.29, 1.82) is 0 Å². The molecule has 1 aromatic heterocycles. The van der Waals surface area contributed by atoms with E-state index in [4.69, 9.17) is 9.47 Å². The summed E-state index contributed by atoms with van der Waals surface area (Å²) in [7, 11) is -3.14. The Balaban J connectivity index is 1.63. The monoisotopic (exact) mass is 396 g/mol. The molecule has 2 saturated heterocycles. The molecule has 3 heterocycles. The summed E-state index contributed by atoms with van der Waals surface area (Å²) < 4.78 is 34.4. The molecule has 148 valence electrons. The number of carbonyl (C=O) groups is 2. The van der Waals surface area contributed by atoms with Crippen molar-refractivity contribution in [3.05, 3.63) is 29.6 Å². The van der Waals surface area contributed by atoms with Crippen molar-refractivity contribution in [3.8, 4) is 0 Å². The number of rotatable bonds is 6. The standard InChI is InChI=1S/C18H24N2O6S/c1-13-4-5-14(9-19-13)18(22)26-11-17(21)20(10-16-3-2-7-25-16)15-6-8-27(23,24)12-15/h4-5,9,15-16H,2-3,6-8,10-12H2,1H3/t15-,16-/m0/s1. The third kappa shape index (κ3) is 5.26. The van der Waals surface area contributed by atoms with E-state index in [9.17, 15) is 18.0 Å². The minimum Gasteiger partial charge on any atom is -0.452 e. The molecule has 0 saturated carbocycles. The third-order valence-electron chi connectivity index (χ3n) is 4.87. The molecule has 3 rings (SSSR count). The van der Waals surface area contributed by atoms with Gasteiger partial charge >= 0.3 is 5.97 Å². The summed E-state index contributed by atoms with van der Waals surface area (Å²) in [6.07, 6.45) is 3.45. The van der Waals surface area contributed by atoms with E-state index >= 15 is 0 Å². The van der Waals surface area contributed by atoms with E-state index in [0.717, 1.165) is 18.5 Å². The quantitative estimate of drug-likeness (QED) is 0.654. The maximum Gasteiger partial charge on any atom is 0.340 e. The first-order chi connectivity index (χ1) is 12.8. The summed E-state index contributed by atoms with van der Waals surface area (Å²) in [4.78, 5) is 30.3. The van der Waals surface area contributed by atoms with E-state index < -0.39 is 34.4 Å². The van der Waals surface area contributed by atoms with Crippen LogP contribution in [-0.4, -0.2) is 73.6 Å². The molecule has 8 nitrogen and oxygen atoms in total. The summed E-state index contributed by atoms with van der Waals surface area (Å²) in [5, 5.41) is 0. The second kappa shape index (κ2) is 8.35. The molecular weight excluding hydrogens is 372 g/mol. The first-order valence-corrected chi connectivity index (χ1v) is 10.9. The van der Waals surface area contributed by atoms with Gasteiger partial charge in [0.05, 0.1) is 23.2 Å². The SMILES string of the molecule is Cc1ccc(C(=O)OCC(=O)N(C[C@@H]2CCCO2)[C@H]2CCS(=O)(=O)C2)cn1. The highest BCUT2D eigenvalue weighted by Crippen LogP contribution is 2.21. The Hall–Kier alpha value is -2.00. The van der Waals surface area contributed by atoms with Crippen LogP contribution in [0.2, 0.25) is 0 Å². The summed E-state index contributed by atoms with van der Waals surface area (Å²) in [5.41, 5.74) is 1.04. The summed E-state index contributed by atoms with van der Waals surface area (Å²) in [6, 6.07) is 2.88. The van der Waals surface area contributed by atoms with Crippen LogP contribution in [0.4, 0.5) is 0 Å². The molecule has 1 amide bonds. The molecule has 0 spiro atoms. The number of aryl methyl sites for hydroxylation is 1. The highest BCUT2D eigenvalue weighted by atomic mass is 32.2. The van der Waals surface area contributed by atoms with Crippen molar-refractivity contribution >= 4 is 21.7 Å². The molecule has 0 bridgehead atoms. The van der Waals surface area contributed by atoms with E-state index in [-0.39, 0.29) is 23.2 Å². The molecule has 0 unspecified atom stereocenters. The van der Waals surface area contributed by atoms with Gasteiger partial charge in [-0.1, -0.05) is 0 Å². The van der Waals surface area contributed by atoms with Crippen molar-refractivity contribution in [1.82, 2.24) is 9.88 Å². The largest absolute Gasteiger partial charge is 0.452 e. The number of hydrogen-bond acceptors (Lipinski definition) is 7. The molecular formula is C18H24N2O6S. The Morgan fingerprint density at radius 2 is 2.15 bits per heavy atom. The van der Waals surface area contributed by atoms with Crippen LogP contribution in [0, 0.1) is 6.92 Å². The molecule has 2 fully saturated rings. The molecule has 1 aromatic rings. The van der Waals surface area contributed by atoms with E-state index in [1.165, 1.54) is 11.1 Å². The molecule has 9 heteroatoms. The van der Waals surface area contributed by atoms with Gasteiger partial charge in [-0.3, -0.25) is 9.78 Å². The predicted octanol–water partition coefficient (Wildman–Crippen LogP) is 0.742. The van der Waals surface area contributed by atoms with Crippen LogP contribution in [-0.2, 0) is 24.1 Å². The minimum absolute atomic E-state index is 0.0543. The zero-order valence-corrected chi connectivity index (χ0v) is 16.1. The van der Waals surface area contributed by atoms with Gasteiger partial charge in [-0.15, -0.1) is 0 Å². The molecule has 2 aliphatic rings. The fourth-order valence-electron chi connectivity index (χ4n) is 3.37. The number of carbonyl (C=O) groups excluding carboxylic acids is 2. The van der Waals surface area contributed by atoms with Gasteiger partial charge in [0.15, 0.2) is 16.4 Å². The van der Waals surface area contributed by atoms with Crippen molar-refractivity contribution in [3.63, 3.8) is 0 Å². The molecule has 0 N–H and O–H groups in total. The fraction of sp³-hybridized carbons (Fsp3) is 0.611. The molecule has 2 atom stereocenters. The summed E-state index contributed by atoms with van der Waals surface area (Å²) >= 11 is 0. The van der Waals surface area contributed by atoms with E-state index in [1.54, 1.807) is 19.1 Å². The van der Waals surface area contributed by atoms with Gasteiger partial charge in [-0.25, -0.2) is 13.2 Å². The highest BCUT2D eigenvalue weighted by Gasteiger charge is 2.36. The molecule has 2 aliphatic heterocycles. The zero-order valence-electron chi connectivity index (χ0n) is 15.3. The topological polar surface area (TPSA) is 103 Å². The lowest BCUT2D eigenvalue weighted by atomic mass is 10.1. The maximum absolute atomic E-state index is 12.7. The Morgan fingerprint density at radius 1 is 1.33 bits per heavy atom. The summed E-state index contributed by atoms with van der Waals surface area (Å²) in [6.45, 7) is 2.33. The van der Waals surface area contributed by atoms with E-state index in [1.807, 2.05) is 0 Å². The Morgan fingerprint density at radius 3 is 2.74 bits per heavy atom. The van der Waals surface area contributed by atoms with Crippen LogP contribution in [0.5, 0.6) is 0 Å². The van der Waals surface area contributed by atoms with Gasteiger partial charge in [-0.2, -0.15) is 0 Å². The first kappa shape index (κ1) is 19.8. The number of hydrogen-bond donors (Lipinski definition) is 0. The van der Waals surface area contributed by atoms with Crippen molar-refractivity contribution in [2.24, 2.45) is 0 Å².